The van der Waals surface area contributed by atoms with Crippen molar-refractivity contribution in [3.63, 3.8) is 0 Å². The smallest absolute Gasteiger partial charge is 0.408 e. The fourth-order valence-electron chi connectivity index (χ4n) is 2.12. The number of terminal acetylenes is 1. The molecule has 0 aliphatic carbocycles. The highest BCUT2D eigenvalue weighted by Gasteiger charge is 2.39. The normalized spacial score (nSPS) is 12.5. The topological polar surface area (TPSA) is 105 Å². The van der Waals surface area contributed by atoms with Crippen LogP contribution >= 0.6 is 0 Å². The van der Waals surface area contributed by atoms with E-state index >= 15 is 0 Å². The summed E-state index contributed by atoms with van der Waals surface area (Å²) in [5, 5.41) is 14.4. The van der Waals surface area contributed by atoms with Gasteiger partial charge in [0.2, 0.25) is 0 Å². The molecule has 2 amide bonds. The molecule has 140 valence electrons. The number of rotatable bonds is 5. The Morgan fingerprint density at radius 1 is 1.12 bits per heavy atom. The van der Waals surface area contributed by atoms with Gasteiger partial charge in [0, 0.05) is 11.1 Å². The second-order valence-electron chi connectivity index (χ2n) is 7.31. The molecular formula is C19H24N2O5. The van der Waals surface area contributed by atoms with Gasteiger partial charge in [-0.2, -0.15) is 0 Å². The van der Waals surface area contributed by atoms with Crippen molar-refractivity contribution in [3.05, 3.63) is 35.4 Å². The molecule has 3 N–H and O–H groups in total. The van der Waals surface area contributed by atoms with Crippen molar-refractivity contribution >= 4 is 18.0 Å². The molecule has 0 bridgehead atoms. The van der Waals surface area contributed by atoms with Crippen LogP contribution in [0.1, 0.15) is 50.5 Å². The van der Waals surface area contributed by atoms with Crippen LogP contribution in [0.5, 0.6) is 0 Å². The van der Waals surface area contributed by atoms with Crippen molar-refractivity contribution in [2.45, 2.75) is 51.8 Å². The number of benzene rings is 1. The number of aliphatic carboxylic acids is 1. The van der Waals surface area contributed by atoms with Crippen molar-refractivity contribution in [2.75, 3.05) is 0 Å². The molecule has 7 nitrogen and oxygen atoms in total. The molecule has 0 aliphatic rings. The predicted molar refractivity (Wildman–Crippen MR) is 96.7 cm³/mol. The molecule has 0 heterocycles. The minimum atomic E-state index is -1.38. The van der Waals surface area contributed by atoms with Gasteiger partial charge in [-0.05, 0) is 58.9 Å². The molecule has 1 aromatic carbocycles. The second-order valence-corrected chi connectivity index (χ2v) is 7.31. The highest BCUT2D eigenvalue weighted by Crippen LogP contribution is 2.14. The SMILES string of the molecule is C#Cc1ccc(C(=O)N[C@H](C(=O)O)C(C)(C)NC(=O)OC(C)(C)C)cc1. The lowest BCUT2D eigenvalue weighted by atomic mass is 9.94. The van der Waals surface area contributed by atoms with Gasteiger partial charge >= 0.3 is 12.1 Å². The van der Waals surface area contributed by atoms with Gasteiger partial charge in [-0.15, -0.1) is 6.42 Å². The van der Waals surface area contributed by atoms with E-state index in [9.17, 15) is 19.5 Å². The number of ether oxygens (including phenoxy) is 1. The minimum Gasteiger partial charge on any atom is -0.480 e. The van der Waals surface area contributed by atoms with Crippen LogP contribution in [0.15, 0.2) is 24.3 Å². The Kier molecular flexibility index (Phi) is 6.40. The Bertz CT molecular complexity index is 724. The third-order valence-electron chi connectivity index (χ3n) is 3.38. The lowest BCUT2D eigenvalue weighted by Crippen LogP contribution is -2.62. The van der Waals surface area contributed by atoms with Crippen molar-refractivity contribution in [3.8, 4) is 12.3 Å². The van der Waals surface area contributed by atoms with E-state index in [4.69, 9.17) is 11.2 Å². The summed E-state index contributed by atoms with van der Waals surface area (Å²) in [5.41, 5.74) is -1.18. The van der Waals surface area contributed by atoms with Gasteiger partial charge in [0.1, 0.15) is 11.6 Å². The summed E-state index contributed by atoms with van der Waals surface area (Å²) >= 11 is 0. The van der Waals surface area contributed by atoms with Gasteiger partial charge in [-0.3, -0.25) is 4.79 Å². The number of alkyl carbamates (subject to hydrolysis) is 1. The number of carboxylic acid groups (broad SMARTS) is 1. The van der Waals surface area contributed by atoms with Gasteiger partial charge in [-0.25, -0.2) is 9.59 Å². The van der Waals surface area contributed by atoms with Crippen LogP contribution in [0.25, 0.3) is 0 Å². The van der Waals surface area contributed by atoms with Crippen molar-refractivity contribution in [1.29, 1.82) is 0 Å². The van der Waals surface area contributed by atoms with Crippen molar-refractivity contribution in [1.82, 2.24) is 10.6 Å². The van der Waals surface area contributed by atoms with E-state index in [1.165, 1.54) is 26.0 Å². The van der Waals surface area contributed by atoms with Crippen molar-refractivity contribution in [2.24, 2.45) is 0 Å². The summed E-state index contributed by atoms with van der Waals surface area (Å²) in [6.07, 6.45) is 4.49. The second kappa shape index (κ2) is 7.91. The largest absolute Gasteiger partial charge is 0.480 e. The third-order valence-corrected chi connectivity index (χ3v) is 3.38. The molecule has 1 rings (SSSR count). The van der Waals surface area contributed by atoms with Crippen LogP contribution in [0.4, 0.5) is 4.79 Å². The number of carboxylic acids is 1. The van der Waals surface area contributed by atoms with Crippen LogP contribution in [0.3, 0.4) is 0 Å². The van der Waals surface area contributed by atoms with Crippen LogP contribution in [0, 0.1) is 12.3 Å². The Morgan fingerprint density at radius 3 is 2.08 bits per heavy atom. The Morgan fingerprint density at radius 2 is 1.65 bits per heavy atom. The van der Waals surface area contributed by atoms with Crippen LogP contribution in [-0.4, -0.2) is 40.3 Å². The third kappa shape index (κ3) is 6.13. The van der Waals surface area contributed by atoms with Gasteiger partial charge in [0.15, 0.2) is 0 Å². The maximum Gasteiger partial charge on any atom is 0.408 e. The van der Waals surface area contributed by atoms with E-state index in [0.717, 1.165) is 0 Å². The first-order chi connectivity index (χ1) is 11.9. The van der Waals surface area contributed by atoms with Crippen LogP contribution in [0.2, 0.25) is 0 Å². The average molecular weight is 360 g/mol. The summed E-state index contributed by atoms with van der Waals surface area (Å²) < 4.78 is 5.14. The molecule has 1 atom stereocenters. The average Bonchev–Trinajstić information content (AvgIpc) is 2.49. The monoisotopic (exact) mass is 360 g/mol. The quantitative estimate of drug-likeness (QED) is 0.698. The number of amides is 2. The first-order valence-electron chi connectivity index (χ1n) is 7.97. The van der Waals surface area contributed by atoms with E-state index in [-0.39, 0.29) is 5.56 Å². The lowest BCUT2D eigenvalue weighted by Gasteiger charge is -2.33. The summed E-state index contributed by atoms with van der Waals surface area (Å²) in [6.45, 7) is 8.04. The molecule has 0 saturated heterocycles. The zero-order valence-electron chi connectivity index (χ0n) is 15.5. The number of hydrogen-bond donors (Lipinski definition) is 3. The minimum absolute atomic E-state index is 0.253. The van der Waals surface area contributed by atoms with Gasteiger partial charge in [0.25, 0.3) is 5.91 Å². The summed E-state index contributed by atoms with van der Waals surface area (Å²) in [4.78, 5) is 36.0. The van der Waals surface area contributed by atoms with Crippen molar-refractivity contribution < 1.29 is 24.2 Å². The number of carbonyl (C=O) groups is 3. The maximum atomic E-state index is 12.4. The predicted octanol–water partition coefficient (Wildman–Crippen LogP) is 2.15. The molecule has 0 aliphatic heterocycles. The molecule has 1 aromatic rings. The first-order valence-corrected chi connectivity index (χ1v) is 7.97. The molecular weight excluding hydrogens is 336 g/mol. The maximum absolute atomic E-state index is 12.4. The lowest BCUT2D eigenvalue weighted by molar-refractivity contribution is -0.141. The molecule has 0 fully saturated rings. The van der Waals surface area contributed by atoms with Gasteiger partial charge in [-0.1, -0.05) is 5.92 Å². The molecule has 26 heavy (non-hydrogen) atoms. The zero-order chi connectivity index (χ0) is 20.1. The fourth-order valence-corrected chi connectivity index (χ4v) is 2.12. The van der Waals surface area contributed by atoms with Crippen LogP contribution in [-0.2, 0) is 9.53 Å². The van der Waals surface area contributed by atoms with E-state index in [1.54, 1.807) is 32.9 Å². The summed E-state index contributed by atoms with van der Waals surface area (Å²) in [6, 6.07) is 4.77. The molecule has 0 spiro atoms. The van der Waals surface area contributed by atoms with Gasteiger partial charge in [0.05, 0.1) is 5.54 Å². The van der Waals surface area contributed by atoms with E-state index in [2.05, 4.69) is 16.6 Å². The Balaban J connectivity index is 2.92. The van der Waals surface area contributed by atoms with E-state index in [0.29, 0.717) is 5.56 Å². The molecule has 0 saturated carbocycles. The number of nitrogens with one attached hydrogen (secondary N) is 2. The molecule has 0 radical (unpaired) electrons. The highest BCUT2D eigenvalue weighted by atomic mass is 16.6. The zero-order valence-corrected chi connectivity index (χ0v) is 15.5. The molecule has 7 heteroatoms. The Hall–Kier alpha value is -3.01. The van der Waals surface area contributed by atoms with E-state index < -0.39 is 35.2 Å². The van der Waals surface area contributed by atoms with Crippen LogP contribution < -0.4 is 10.6 Å². The fraction of sp³-hybridized carbons (Fsp3) is 0.421. The molecule has 0 unspecified atom stereocenters. The molecule has 0 aromatic heterocycles. The standard InChI is InChI=1S/C19H24N2O5/c1-7-12-8-10-13(11-9-12)15(22)20-14(16(23)24)19(5,6)21-17(25)26-18(2,3)4/h1,8-11,14H,2-6H3,(H,20,22)(H,21,25)(H,23,24)/t14-/m1/s1. The summed E-state index contributed by atoms with van der Waals surface area (Å²) in [7, 11) is 0. The first kappa shape index (κ1) is 21.0. The number of carbonyl (C=O) groups excluding carboxylic acids is 2. The Labute approximate surface area is 153 Å². The highest BCUT2D eigenvalue weighted by molar-refractivity contribution is 5.97. The summed E-state index contributed by atoms with van der Waals surface area (Å²) in [5.74, 6) is 0.540. The van der Waals surface area contributed by atoms with E-state index in [1.807, 2.05) is 0 Å². The van der Waals surface area contributed by atoms with Gasteiger partial charge < -0.3 is 20.5 Å². The number of hydrogen-bond acceptors (Lipinski definition) is 4.